The Balaban J connectivity index is 3.06. The number of hydrogen-bond donors (Lipinski definition) is 1. The van der Waals surface area contributed by atoms with E-state index in [0.29, 0.717) is 12.0 Å². The molecule has 0 unspecified atom stereocenters. The predicted octanol–water partition coefficient (Wildman–Crippen LogP) is -0.0747. The van der Waals surface area contributed by atoms with Gasteiger partial charge < -0.3 is 4.98 Å². The Morgan fingerprint density at radius 1 is 1.55 bits per heavy atom. The van der Waals surface area contributed by atoms with Crippen LogP contribution in [0, 0.1) is 11.8 Å². The Labute approximate surface area is 63.1 Å². The lowest BCUT2D eigenvalue weighted by Gasteiger charge is -1.85. The van der Waals surface area contributed by atoms with Crippen molar-refractivity contribution in [3.8, 4) is 11.8 Å². The lowest BCUT2D eigenvalue weighted by atomic mass is 10.3. The van der Waals surface area contributed by atoms with Crippen LogP contribution in [-0.2, 0) is 4.79 Å². The summed E-state index contributed by atoms with van der Waals surface area (Å²) in [5.74, 6) is 4.65. The molecule has 0 bridgehead atoms. The van der Waals surface area contributed by atoms with E-state index in [-0.39, 0.29) is 5.43 Å². The number of hydrogen-bond acceptors (Lipinski definition) is 2. The van der Waals surface area contributed by atoms with Crippen LogP contribution in [0.3, 0.4) is 0 Å². The van der Waals surface area contributed by atoms with Crippen molar-refractivity contribution in [2.24, 2.45) is 0 Å². The van der Waals surface area contributed by atoms with Crippen molar-refractivity contribution in [3.63, 3.8) is 0 Å². The number of pyridine rings is 1. The van der Waals surface area contributed by atoms with Gasteiger partial charge in [0, 0.05) is 18.3 Å². The molecule has 1 aromatic heterocycles. The van der Waals surface area contributed by atoms with Crippen molar-refractivity contribution in [2.45, 2.75) is 0 Å². The first-order valence-electron chi connectivity index (χ1n) is 2.97. The molecule has 3 nitrogen and oxygen atoms in total. The van der Waals surface area contributed by atoms with E-state index in [1.165, 1.54) is 18.3 Å². The number of rotatable bonds is 0. The zero-order chi connectivity index (χ0) is 8.10. The van der Waals surface area contributed by atoms with Gasteiger partial charge in [-0.1, -0.05) is 0 Å². The van der Waals surface area contributed by atoms with Gasteiger partial charge in [-0.2, -0.15) is 0 Å². The molecule has 11 heavy (non-hydrogen) atoms. The molecule has 0 spiro atoms. The zero-order valence-corrected chi connectivity index (χ0v) is 5.63. The summed E-state index contributed by atoms with van der Waals surface area (Å²) in [7, 11) is 0. The third kappa shape index (κ3) is 2.11. The quantitative estimate of drug-likeness (QED) is 0.412. The largest absolute Gasteiger partial charge is 0.355 e. The van der Waals surface area contributed by atoms with E-state index in [0.717, 1.165) is 0 Å². The average molecular weight is 147 g/mol. The Morgan fingerprint density at radius 2 is 2.36 bits per heavy atom. The van der Waals surface area contributed by atoms with Gasteiger partial charge in [-0.3, -0.25) is 9.59 Å². The van der Waals surface area contributed by atoms with Crippen molar-refractivity contribution >= 4 is 6.29 Å². The number of aldehydes is 1. The van der Waals surface area contributed by atoms with Crippen molar-refractivity contribution in [3.05, 3.63) is 34.2 Å². The van der Waals surface area contributed by atoms with E-state index >= 15 is 0 Å². The summed E-state index contributed by atoms with van der Waals surface area (Å²) in [6.45, 7) is 0. The third-order valence-corrected chi connectivity index (χ3v) is 1.04. The maximum absolute atomic E-state index is 10.7. The summed E-state index contributed by atoms with van der Waals surface area (Å²) in [6, 6.07) is 2.71. The molecular formula is C8H5NO2. The molecule has 1 N–H and O–H groups in total. The van der Waals surface area contributed by atoms with E-state index in [9.17, 15) is 9.59 Å². The van der Waals surface area contributed by atoms with Crippen LogP contribution in [0.5, 0.6) is 0 Å². The minimum atomic E-state index is -0.126. The fourth-order valence-electron chi connectivity index (χ4n) is 0.625. The molecule has 0 saturated heterocycles. The fraction of sp³-hybridized carbons (Fsp3) is 0. The van der Waals surface area contributed by atoms with E-state index in [2.05, 4.69) is 16.8 Å². The summed E-state index contributed by atoms with van der Waals surface area (Å²) in [5.41, 5.74) is 0.323. The number of H-pyrrole nitrogens is 1. The predicted molar refractivity (Wildman–Crippen MR) is 40.0 cm³/mol. The highest BCUT2D eigenvalue weighted by atomic mass is 16.1. The van der Waals surface area contributed by atoms with Crippen molar-refractivity contribution < 1.29 is 4.79 Å². The average Bonchev–Trinajstić information content (AvgIpc) is 2.01. The molecular weight excluding hydrogens is 142 g/mol. The topological polar surface area (TPSA) is 49.9 Å². The molecule has 1 aromatic rings. The number of carbonyl (C=O) groups is 1. The van der Waals surface area contributed by atoms with Crippen LogP contribution in [-0.4, -0.2) is 11.3 Å². The van der Waals surface area contributed by atoms with Crippen molar-refractivity contribution in [1.29, 1.82) is 0 Å². The molecule has 0 fully saturated rings. The van der Waals surface area contributed by atoms with E-state index in [1.807, 2.05) is 0 Å². The van der Waals surface area contributed by atoms with Crippen molar-refractivity contribution in [2.75, 3.05) is 0 Å². The standard InChI is InChI=1S/C8H5NO2/c10-5-1-2-7-6-8(11)3-4-9-7/h3-6H,(H,9,11). The number of aromatic nitrogens is 1. The Hall–Kier alpha value is -1.82. The van der Waals surface area contributed by atoms with Crippen LogP contribution in [0.25, 0.3) is 0 Å². The van der Waals surface area contributed by atoms with Crippen molar-refractivity contribution in [1.82, 2.24) is 4.98 Å². The maximum atomic E-state index is 10.7. The molecule has 1 heterocycles. The number of carbonyl (C=O) groups excluding carboxylic acids is 1. The Bertz CT molecular complexity index is 367. The summed E-state index contributed by atoms with van der Waals surface area (Å²) in [4.78, 5) is 23.2. The van der Waals surface area contributed by atoms with Gasteiger partial charge >= 0.3 is 0 Å². The van der Waals surface area contributed by atoms with Gasteiger partial charge in [-0.25, -0.2) is 0 Å². The highest BCUT2D eigenvalue weighted by molar-refractivity contribution is 5.73. The molecule has 3 heteroatoms. The Kier molecular flexibility index (Phi) is 2.24. The van der Waals surface area contributed by atoms with Crippen LogP contribution in [0.15, 0.2) is 23.1 Å². The minimum absolute atomic E-state index is 0.126. The van der Waals surface area contributed by atoms with Crippen LogP contribution >= 0.6 is 0 Å². The van der Waals surface area contributed by atoms with Gasteiger partial charge in [-0.15, -0.1) is 0 Å². The lowest BCUT2D eigenvalue weighted by molar-refractivity contribution is -0.103. The third-order valence-electron chi connectivity index (χ3n) is 1.04. The summed E-state index contributed by atoms with van der Waals surface area (Å²) in [5, 5.41) is 0. The maximum Gasteiger partial charge on any atom is 0.193 e. The lowest BCUT2D eigenvalue weighted by Crippen LogP contribution is -1.97. The zero-order valence-electron chi connectivity index (χ0n) is 5.63. The van der Waals surface area contributed by atoms with Crippen LogP contribution < -0.4 is 5.43 Å². The Morgan fingerprint density at radius 3 is 3.00 bits per heavy atom. The number of nitrogens with one attached hydrogen (secondary N) is 1. The molecule has 0 atom stereocenters. The number of aromatic amines is 1. The van der Waals surface area contributed by atoms with E-state index < -0.39 is 0 Å². The second-order valence-corrected chi connectivity index (χ2v) is 1.83. The second kappa shape index (κ2) is 3.37. The van der Waals surface area contributed by atoms with Gasteiger partial charge in [0.25, 0.3) is 0 Å². The molecule has 0 aliphatic carbocycles. The van der Waals surface area contributed by atoms with Gasteiger partial charge in [0.2, 0.25) is 0 Å². The summed E-state index contributed by atoms with van der Waals surface area (Å²) in [6.07, 6.45) is 1.96. The molecule has 1 rings (SSSR count). The van der Waals surface area contributed by atoms with Gasteiger partial charge in [0.05, 0.1) is 5.69 Å². The highest BCUT2D eigenvalue weighted by Gasteiger charge is 1.84. The molecule has 0 amide bonds. The SMILES string of the molecule is O=CC#Cc1cc(=O)cc[nH]1. The van der Waals surface area contributed by atoms with E-state index in [4.69, 9.17) is 0 Å². The first-order chi connectivity index (χ1) is 5.33. The monoisotopic (exact) mass is 147 g/mol. The van der Waals surface area contributed by atoms with E-state index in [1.54, 1.807) is 0 Å². The van der Waals surface area contributed by atoms with Gasteiger partial charge in [0.15, 0.2) is 11.7 Å². The summed E-state index contributed by atoms with van der Waals surface area (Å²) >= 11 is 0. The van der Waals surface area contributed by atoms with Gasteiger partial charge in [0.1, 0.15) is 0 Å². The van der Waals surface area contributed by atoms with Gasteiger partial charge in [-0.05, 0) is 11.8 Å². The molecule has 0 aromatic carbocycles. The first kappa shape index (κ1) is 7.29. The summed E-state index contributed by atoms with van der Waals surface area (Å²) < 4.78 is 0. The second-order valence-electron chi connectivity index (χ2n) is 1.83. The molecule has 0 saturated carbocycles. The first-order valence-corrected chi connectivity index (χ1v) is 2.97. The normalized spacial score (nSPS) is 8.00. The van der Waals surface area contributed by atoms with Crippen LogP contribution in [0.2, 0.25) is 0 Å². The molecule has 0 aliphatic heterocycles. The van der Waals surface area contributed by atoms with Crippen LogP contribution in [0.4, 0.5) is 0 Å². The van der Waals surface area contributed by atoms with Crippen LogP contribution in [0.1, 0.15) is 5.69 Å². The molecule has 0 aliphatic rings. The minimum Gasteiger partial charge on any atom is -0.355 e. The smallest absolute Gasteiger partial charge is 0.193 e. The fourth-order valence-corrected chi connectivity index (χ4v) is 0.625. The molecule has 54 valence electrons. The highest BCUT2D eigenvalue weighted by Crippen LogP contribution is 1.82. The molecule has 0 radical (unpaired) electrons.